The number of halogens is 2. The molecule has 0 bridgehead atoms. The van der Waals surface area contributed by atoms with Gasteiger partial charge in [0.25, 0.3) is 0 Å². The van der Waals surface area contributed by atoms with E-state index in [4.69, 9.17) is 4.74 Å². The molecule has 0 unspecified atom stereocenters. The van der Waals surface area contributed by atoms with Crippen LogP contribution in [0.3, 0.4) is 0 Å². The Kier molecular flexibility index (Phi) is 4.98. The molecule has 0 N–H and O–H groups in total. The van der Waals surface area contributed by atoms with Gasteiger partial charge in [0.05, 0.1) is 18.5 Å². The lowest BCUT2D eigenvalue weighted by Gasteiger charge is -2.29. The maximum atomic E-state index is 14.4. The Morgan fingerprint density at radius 2 is 1.96 bits per heavy atom. The lowest BCUT2D eigenvalue weighted by atomic mass is 10.2. The lowest BCUT2D eigenvalue weighted by molar-refractivity contribution is 0.0519. The van der Waals surface area contributed by atoms with Gasteiger partial charge >= 0.3 is 5.97 Å². The van der Waals surface area contributed by atoms with Crippen LogP contribution in [0.1, 0.15) is 17.4 Å². The predicted octanol–water partition coefficient (Wildman–Crippen LogP) is 2.28. The molecule has 0 atom stereocenters. The summed E-state index contributed by atoms with van der Waals surface area (Å²) in [6, 6.07) is 2.37. The molecule has 1 aliphatic rings. The first-order valence-corrected chi connectivity index (χ1v) is 8.67. The van der Waals surface area contributed by atoms with E-state index in [-0.39, 0.29) is 23.7 Å². The van der Waals surface area contributed by atoms with Gasteiger partial charge in [-0.3, -0.25) is 0 Å². The van der Waals surface area contributed by atoms with Crippen LogP contribution in [0.15, 0.2) is 18.3 Å². The summed E-state index contributed by atoms with van der Waals surface area (Å²) in [7, 11) is 0. The zero-order valence-corrected chi connectivity index (χ0v) is 13.9. The number of hydrogen-bond donors (Lipinski definition) is 0. The molecule has 0 saturated carbocycles. The van der Waals surface area contributed by atoms with Crippen molar-refractivity contribution in [2.75, 3.05) is 36.1 Å². The van der Waals surface area contributed by atoms with Crippen molar-refractivity contribution in [2.24, 2.45) is 0 Å². The molecule has 6 nitrogen and oxygen atoms in total. The second kappa shape index (κ2) is 7.16. The molecular formula is C15H16F2N4O2S. The van der Waals surface area contributed by atoms with Gasteiger partial charge in [-0.25, -0.2) is 18.3 Å². The number of esters is 1. The molecule has 9 heteroatoms. The van der Waals surface area contributed by atoms with Crippen molar-refractivity contribution in [1.82, 2.24) is 15.0 Å². The van der Waals surface area contributed by atoms with Crippen LogP contribution in [-0.2, 0) is 4.74 Å². The number of thioether (sulfide) groups is 1. The van der Waals surface area contributed by atoms with E-state index in [2.05, 4.69) is 10.3 Å². The zero-order chi connectivity index (χ0) is 17.1. The number of carbonyl (C=O) groups is 1. The Balaban J connectivity index is 1.88. The SMILES string of the molecule is CCOC(=O)c1cn(-c2cc(F)c(N3CCSCC3)c(F)c2)nn1. The van der Waals surface area contributed by atoms with Crippen molar-refractivity contribution in [3.63, 3.8) is 0 Å². The van der Waals surface area contributed by atoms with Gasteiger partial charge in [-0.2, -0.15) is 11.8 Å². The van der Waals surface area contributed by atoms with Crippen LogP contribution in [-0.4, -0.2) is 52.2 Å². The molecule has 24 heavy (non-hydrogen) atoms. The highest BCUT2D eigenvalue weighted by molar-refractivity contribution is 7.99. The van der Waals surface area contributed by atoms with E-state index >= 15 is 0 Å². The van der Waals surface area contributed by atoms with Crippen molar-refractivity contribution in [3.8, 4) is 5.69 Å². The number of anilines is 1. The van der Waals surface area contributed by atoms with E-state index in [9.17, 15) is 13.6 Å². The van der Waals surface area contributed by atoms with Crippen LogP contribution in [0.25, 0.3) is 5.69 Å². The number of nitrogens with zero attached hydrogens (tertiary/aromatic N) is 4. The molecule has 1 aromatic carbocycles. The summed E-state index contributed by atoms with van der Waals surface area (Å²) < 4.78 is 34.8. The first-order chi connectivity index (χ1) is 11.6. The Hall–Kier alpha value is -2.16. The molecule has 128 valence electrons. The highest BCUT2D eigenvalue weighted by Gasteiger charge is 2.21. The zero-order valence-electron chi connectivity index (χ0n) is 13.0. The molecule has 0 radical (unpaired) electrons. The monoisotopic (exact) mass is 354 g/mol. The lowest BCUT2D eigenvalue weighted by Crippen LogP contribution is -2.33. The van der Waals surface area contributed by atoms with Gasteiger partial charge in [0, 0.05) is 36.7 Å². The van der Waals surface area contributed by atoms with Gasteiger partial charge < -0.3 is 9.64 Å². The second-order valence-electron chi connectivity index (χ2n) is 5.13. The van der Waals surface area contributed by atoms with Gasteiger partial charge in [0.2, 0.25) is 0 Å². The van der Waals surface area contributed by atoms with Crippen LogP contribution in [0, 0.1) is 11.6 Å². The quantitative estimate of drug-likeness (QED) is 0.785. The number of rotatable bonds is 4. The first-order valence-electron chi connectivity index (χ1n) is 7.51. The van der Waals surface area contributed by atoms with Gasteiger partial charge in [0.15, 0.2) is 17.3 Å². The Morgan fingerprint density at radius 3 is 2.58 bits per heavy atom. The number of hydrogen-bond acceptors (Lipinski definition) is 6. The fourth-order valence-electron chi connectivity index (χ4n) is 2.46. The minimum atomic E-state index is -0.662. The van der Waals surface area contributed by atoms with E-state index in [0.29, 0.717) is 13.1 Å². The molecule has 0 aliphatic carbocycles. The smallest absolute Gasteiger partial charge is 0.360 e. The Bertz CT molecular complexity index is 724. The molecule has 1 fully saturated rings. The average molecular weight is 354 g/mol. The van der Waals surface area contributed by atoms with E-state index < -0.39 is 17.6 Å². The van der Waals surface area contributed by atoms with E-state index in [1.807, 2.05) is 0 Å². The summed E-state index contributed by atoms with van der Waals surface area (Å²) in [6.07, 6.45) is 1.28. The van der Waals surface area contributed by atoms with Crippen molar-refractivity contribution >= 4 is 23.4 Å². The first kappa shape index (κ1) is 16.7. The van der Waals surface area contributed by atoms with Gasteiger partial charge in [-0.15, -0.1) is 5.10 Å². The molecule has 2 heterocycles. The number of aromatic nitrogens is 3. The number of carbonyl (C=O) groups excluding carboxylic acids is 1. The van der Waals surface area contributed by atoms with Crippen molar-refractivity contribution < 1.29 is 18.3 Å². The summed E-state index contributed by atoms with van der Waals surface area (Å²) in [5.74, 6) is -0.276. The fraction of sp³-hybridized carbons (Fsp3) is 0.400. The van der Waals surface area contributed by atoms with Gasteiger partial charge in [0.1, 0.15) is 5.69 Å². The summed E-state index contributed by atoms with van der Waals surface area (Å²) >= 11 is 1.76. The van der Waals surface area contributed by atoms with E-state index in [1.54, 1.807) is 23.6 Å². The van der Waals surface area contributed by atoms with Crippen molar-refractivity contribution in [1.29, 1.82) is 0 Å². The van der Waals surface area contributed by atoms with Gasteiger partial charge in [-0.05, 0) is 6.92 Å². The molecule has 1 aliphatic heterocycles. The molecule has 0 spiro atoms. The van der Waals surface area contributed by atoms with Crippen LogP contribution in [0.4, 0.5) is 14.5 Å². The van der Waals surface area contributed by atoms with Crippen LogP contribution < -0.4 is 4.90 Å². The van der Waals surface area contributed by atoms with Crippen molar-refractivity contribution in [2.45, 2.75) is 6.92 Å². The van der Waals surface area contributed by atoms with Crippen LogP contribution in [0.2, 0.25) is 0 Å². The fourth-order valence-corrected chi connectivity index (χ4v) is 3.37. The molecule has 0 amide bonds. The van der Waals surface area contributed by atoms with Crippen molar-refractivity contribution in [3.05, 3.63) is 35.7 Å². The Morgan fingerprint density at radius 1 is 1.29 bits per heavy atom. The number of benzene rings is 1. The standard InChI is InChI=1S/C15H16F2N4O2S/c1-2-23-15(22)13-9-21(19-18-13)10-7-11(16)14(12(17)8-10)20-3-5-24-6-4-20/h7-9H,2-6H2,1H3. The minimum Gasteiger partial charge on any atom is -0.461 e. The highest BCUT2D eigenvalue weighted by Crippen LogP contribution is 2.28. The number of ether oxygens (including phenoxy) is 1. The minimum absolute atomic E-state index is 0.0187. The largest absolute Gasteiger partial charge is 0.461 e. The van der Waals surface area contributed by atoms with E-state index in [1.165, 1.54) is 18.3 Å². The summed E-state index contributed by atoms with van der Waals surface area (Å²) in [4.78, 5) is 13.3. The summed E-state index contributed by atoms with van der Waals surface area (Å²) in [5, 5.41) is 7.39. The topological polar surface area (TPSA) is 60.2 Å². The van der Waals surface area contributed by atoms with Crippen LogP contribution >= 0.6 is 11.8 Å². The third-order valence-electron chi connectivity index (χ3n) is 3.57. The molecule has 1 aromatic heterocycles. The second-order valence-corrected chi connectivity index (χ2v) is 6.35. The van der Waals surface area contributed by atoms with Gasteiger partial charge in [-0.1, -0.05) is 5.21 Å². The third-order valence-corrected chi connectivity index (χ3v) is 4.51. The molecule has 3 rings (SSSR count). The maximum absolute atomic E-state index is 14.4. The maximum Gasteiger partial charge on any atom is 0.360 e. The van der Waals surface area contributed by atoms with E-state index in [0.717, 1.165) is 16.2 Å². The average Bonchev–Trinajstić information content (AvgIpc) is 3.05. The Labute approximate surface area is 141 Å². The predicted molar refractivity (Wildman–Crippen MR) is 86.8 cm³/mol. The molecule has 2 aromatic rings. The van der Waals surface area contributed by atoms with Crippen LogP contribution in [0.5, 0.6) is 0 Å². The summed E-state index contributed by atoms with van der Waals surface area (Å²) in [6.45, 7) is 3.09. The third kappa shape index (κ3) is 3.35. The molecule has 1 saturated heterocycles. The molecular weight excluding hydrogens is 338 g/mol. The highest BCUT2D eigenvalue weighted by atomic mass is 32.2. The summed E-state index contributed by atoms with van der Waals surface area (Å²) in [5.41, 5.74) is 0.114. The normalized spacial score (nSPS) is 14.7.